The molecule has 0 bridgehead atoms. The molecule has 0 saturated heterocycles. The first kappa shape index (κ1) is 11.3. The first-order chi connectivity index (χ1) is 8.11. The van der Waals surface area contributed by atoms with E-state index < -0.39 is 0 Å². The molecule has 2 aromatic rings. The molecule has 0 aliphatic rings. The zero-order valence-corrected chi connectivity index (χ0v) is 9.69. The van der Waals surface area contributed by atoms with E-state index in [4.69, 9.17) is 0 Å². The first-order valence-corrected chi connectivity index (χ1v) is 5.25. The van der Waals surface area contributed by atoms with Crippen molar-refractivity contribution in [2.45, 2.75) is 6.92 Å². The highest BCUT2D eigenvalue weighted by molar-refractivity contribution is 6.00. The number of hydrogen-bond acceptors (Lipinski definition) is 3. The molecule has 0 aromatic heterocycles. The summed E-state index contributed by atoms with van der Waals surface area (Å²) in [5.41, 5.74) is 1.13. The molecule has 0 N–H and O–H groups in total. The van der Waals surface area contributed by atoms with Crippen molar-refractivity contribution >= 4 is 22.5 Å². The van der Waals surface area contributed by atoms with Crippen molar-refractivity contribution in [3.63, 3.8) is 0 Å². The lowest BCUT2D eigenvalue weighted by Gasteiger charge is -2.03. The van der Waals surface area contributed by atoms with Crippen molar-refractivity contribution in [2.75, 3.05) is 7.11 Å². The minimum Gasteiger partial charge on any atom is -0.465 e. The minimum absolute atomic E-state index is 0.00960. The van der Waals surface area contributed by atoms with Crippen molar-refractivity contribution in [1.82, 2.24) is 0 Å². The maximum atomic E-state index is 11.4. The number of hydrogen-bond donors (Lipinski definition) is 0. The minimum atomic E-state index is -0.375. The summed E-state index contributed by atoms with van der Waals surface area (Å²) < 4.78 is 4.66. The predicted octanol–water partition coefficient (Wildman–Crippen LogP) is 2.83. The fourth-order valence-corrected chi connectivity index (χ4v) is 1.71. The molecule has 0 aliphatic heterocycles. The monoisotopic (exact) mass is 228 g/mol. The third-order valence-electron chi connectivity index (χ3n) is 2.67. The fourth-order valence-electron chi connectivity index (χ4n) is 1.71. The molecule has 0 atom stereocenters. The van der Waals surface area contributed by atoms with E-state index in [0.717, 1.165) is 10.8 Å². The zero-order chi connectivity index (χ0) is 12.4. The Balaban J connectivity index is 2.58. The van der Waals surface area contributed by atoms with Gasteiger partial charge < -0.3 is 4.74 Å². The SMILES string of the molecule is COC(=O)c1ccc2ccc(C(C)=O)cc2c1. The van der Waals surface area contributed by atoms with Crippen LogP contribution in [0.25, 0.3) is 10.8 Å². The van der Waals surface area contributed by atoms with Crippen LogP contribution >= 0.6 is 0 Å². The van der Waals surface area contributed by atoms with Gasteiger partial charge in [0.2, 0.25) is 0 Å². The largest absolute Gasteiger partial charge is 0.465 e. The Morgan fingerprint density at radius 1 is 0.941 bits per heavy atom. The van der Waals surface area contributed by atoms with Crippen LogP contribution in [0, 0.1) is 0 Å². The smallest absolute Gasteiger partial charge is 0.337 e. The maximum Gasteiger partial charge on any atom is 0.337 e. The van der Waals surface area contributed by atoms with Gasteiger partial charge in [-0.2, -0.15) is 0 Å². The summed E-state index contributed by atoms with van der Waals surface area (Å²) >= 11 is 0. The Labute approximate surface area is 99.0 Å². The Kier molecular flexibility index (Phi) is 2.91. The van der Waals surface area contributed by atoms with E-state index in [0.29, 0.717) is 11.1 Å². The van der Waals surface area contributed by atoms with Crippen LogP contribution < -0.4 is 0 Å². The van der Waals surface area contributed by atoms with Gasteiger partial charge in [-0.3, -0.25) is 4.79 Å². The quantitative estimate of drug-likeness (QED) is 0.586. The third kappa shape index (κ3) is 2.18. The lowest BCUT2D eigenvalue weighted by Crippen LogP contribution is -2.00. The van der Waals surface area contributed by atoms with Crippen LogP contribution in [0.5, 0.6) is 0 Å². The van der Waals surface area contributed by atoms with E-state index >= 15 is 0 Å². The van der Waals surface area contributed by atoms with Gasteiger partial charge >= 0.3 is 5.97 Å². The number of methoxy groups -OCH3 is 1. The molecule has 0 spiro atoms. The molecule has 17 heavy (non-hydrogen) atoms. The Morgan fingerprint density at radius 2 is 1.53 bits per heavy atom. The van der Waals surface area contributed by atoms with Crippen LogP contribution in [0.4, 0.5) is 0 Å². The molecule has 86 valence electrons. The number of benzene rings is 2. The van der Waals surface area contributed by atoms with Crippen LogP contribution in [0.1, 0.15) is 27.6 Å². The van der Waals surface area contributed by atoms with Crippen LogP contribution in [0.2, 0.25) is 0 Å². The molecule has 0 fully saturated rings. The zero-order valence-electron chi connectivity index (χ0n) is 9.69. The topological polar surface area (TPSA) is 43.4 Å². The second-order valence-corrected chi connectivity index (χ2v) is 3.82. The highest BCUT2D eigenvalue weighted by Gasteiger charge is 2.07. The number of rotatable bonds is 2. The second kappa shape index (κ2) is 4.37. The summed E-state index contributed by atoms with van der Waals surface area (Å²) in [7, 11) is 1.35. The molecule has 0 aliphatic carbocycles. The van der Waals surface area contributed by atoms with Crippen molar-refractivity contribution < 1.29 is 14.3 Å². The lowest BCUT2D eigenvalue weighted by molar-refractivity contribution is 0.0601. The van der Waals surface area contributed by atoms with Crippen molar-refractivity contribution in [2.24, 2.45) is 0 Å². The number of fused-ring (bicyclic) bond motifs is 1. The highest BCUT2D eigenvalue weighted by Crippen LogP contribution is 2.18. The summed E-state index contributed by atoms with van der Waals surface area (Å²) in [6.45, 7) is 1.52. The molecule has 0 saturated carbocycles. The molecular formula is C14H12O3. The van der Waals surface area contributed by atoms with Gasteiger partial charge in [0, 0.05) is 5.56 Å². The summed E-state index contributed by atoms with van der Waals surface area (Å²) in [6.07, 6.45) is 0. The molecule has 3 nitrogen and oxygen atoms in total. The number of esters is 1. The number of ether oxygens (including phenoxy) is 1. The molecular weight excluding hydrogens is 216 g/mol. The molecule has 0 heterocycles. The fraction of sp³-hybridized carbons (Fsp3) is 0.143. The Morgan fingerprint density at radius 3 is 2.12 bits per heavy atom. The highest BCUT2D eigenvalue weighted by atomic mass is 16.5. The molecule has 0 amide bonds. The Hall–Kier alpha value is -2.16. The molecule has 3 heteroatoms. The van der Waals surface area contributed by atoms with Crippen molar-refractivity contribution in [1.29, 1.82) is 0 Å². The number of carbonyl (C=O) groups is 2. The van der Waals surface area contributed by atoms with Gasteiger partial charge in [0.1, 0.15) is 0 Å². The van der Waals surface area contributed by atoms with Gasteiger partial charge in [0.05, 0.1) is 12.7 Å². The normalized spacial score (nSPS) is 10.2. The summed E-state index contributed by atoms with van der Waals surface area (Å²) in [5, 5.41) is 1.85. The van der Waals surface area contributed by atoms with E-state index in [1.807, 2.05) is 12.1 Å². The predicted molar refractivity (Wildman–Crippen MR) is 65.3 cm³/mol. The maximum absolute atomic E-state index is 11.4. The van der Waals surface area contributed by atoms with E-state index in [-0.39, 0.29) is 11.8 Å². The molecule has 0 unspecified atom stereocenters. The summed E-state index contributed by atoms with van der Waals surface area (Å²) in [5.74, 6) is -0.365. The average molecular weight is 228 g/mol. The van der Waals surface area contributed by atoms with E-state index in [1.165, 1.54) is 14.0 Å². The van der Waals surface area contributed by atoms with Crippen LogP contribution in [0.3, 0.4) is 0 Å². The van der Waals surface area contributed by atoms with E-state index in [1.54, 1.807) is 24.3 Å². The van der Waals surface area contributed by atoms with Crippen LogP contribution in [0.15, 0.2) is 36.4 Å². The van der Waals surface area contributed by atoms with Gasteiger partial charge in [-0.1, -0.05) is 18.2 Å². The summed E-state index contributed by atoms with van der Waals surface area (Å²) in [4.78, 5) is 22.7. The van der Waals surface area contributed by atoms with E-state index in [2.05, 4.69) is 4.74 Å². The van der Waals surface area contributed by atoms with Gasteiger partial charge in [-0.15, -0.1) is 0 Å². The van der Waals surface area contributed by atoms with Crippen molar-refractivity contribution in [3.05, 3.63) is 47.5 Å². The molecule has 2 rings (SSSR count). The van der Waals surface area contributed by atoms with Gasteiger partial charge in [-0.25, -0.2) is 4.79 Å². The van der Waals surface area contributed by atoms with Crippen LogP contribution in [-0.4, -0.2) is 18.9 Å². The van der Waals surface area contributed by atoms with Crippen molar-refractivity contribution in [3.8, 4) is 0 Å². The van der Waals surface area contributed by atoms with Gasteiger partial charge in [0.15, 0.2) is 5.78 Å². The first-order valence-electron chi connectivity index (χ1n) is 5.25. The number of Topliss-reactive ketones (excluding diaryl/α,β-unsaturated/α-hetero) is 1. The molecule has 2 aromatic carbocycles. The lowest BCUT2D eigenvalue weighted by atomic mass is 10.0. The third-order valence-corrected chi connectivity index (χ3v) is 2.67. The molecule has 0 radical (unpaired) electrons. The van der Waals surface area contributed by atoms with Crippen LogP contribution in [-0.2, 0) is 4.74 Å². The van der Waals surface area contributed by atoms with Gasteiger partial charge in [-0.05, 0) is 35.9 Å². The summed E-state index contributed by atoms with van der Waals surface area (Å²) in [6, 6.07) is 10.7. The second-order valence-electron chi connectivity index (χ2n) is 3.82. The standard InChI is InChI=1S/C14H12O3/c1-9(15)11-5-3-10-4-6-12(14(16)17-2)8-13(10)7-11/h3-8H,1-2H3. The average Bonchev–Trinajstić information content (AvgIpc) is 2.36. The number of ketones is 1. The van der Waals surface area contributed by atoms with Gasteiger partial charge in [0.25, 0.3) is 0 Å². The number of carbonyl (C=O) groups excluding carboxylic acids is 2. The Bertz CT molecular complexity index is 599. The van der Waals surface area contributed by atoms with E-state index in [9.17, 15) is 9.59 Å².